The quantitative estimate of drug-likeness (QED) is 0.212. The largest absolute Gasteiger partial charge is 0.504 e. The van der Waals surface area contributed by atoms with E-state index >= 15 is 0 Å². The van der Waals surface area contributed by atoms with Gasteiger partial charge in [0.2, 0.25) is 23.6 Å². The van der Waals surface area contributed by atoms with Crippen LogP contribution in [0.15, 0.2) is 96.6 Å². The van der Waals surface area contributed by atoms with Crippen LogP contribution in [0.2, 0.25) is 0 Å². The van der Waals surface area contributed by atoms with E-state index < -0.39 is 29.6 Å². The van der Waals surface area contributed by atoms with Crippen molar-refractivity contribution >= 4 is 29.7 Å². The lowest BCUT2D eigenvalue weighted by atomic mass is 9.58. The van der Waals surface area contributed by atoms with E-state index in [2.05, 4.69) is 52.3 Å². The van der Waals surface area contributed by atoms with Gasteiger partial charge in [-0.3, -0.25) is 38.8 Å². The Bertz CT molecular complexity index is 2070. The minimum absolute atomic E-state index is 0.0336. The third-order valence-corrected chi connectivity index (χ3v) is 13.8. The number of carbonyl (C=O) groups excluding carboxylic acids is 4. The number of nitrogens with zero attached hydrogens (tertiary/aromatic N) is 4. The van der Waals surface area contributed by atoms with Gasteiger partial charge < -0.3 is 9.84 Å². The number of rotatable bonds is 9. The van der Waals surface area contributed by atoms with Gasteiger partial charge in [0.05, 0.1) is 30.8 Å². The first-order valence-corrected chi connectivity index (χ1v) is 20.8. The number of ether oxygens (including phenoxy) is 1. The molecule has 4 saturated heterocycles. The van der Waals surface area contributed by atoms with Crippen LogP contribution in [-0.2, 0) is 32.3 Å². The van der Waals surface area contributed by atoms with E-state index in [0.29, 0.717) is 18.6 Å². The summed E-state index contributed by atoms with van der Waals surface area (Å²) in [6.45, 7) is 4.91. The molecule has 9 rings (SSSR count). The zero-order valence-electron chi connectivity index (χ0n) is 32.6. The number of allylic oxidation sites excluding steroid dienone is 3. The standard InChI is InChI=1S/C47H52N4O6/c1-57-41-26-30(13-17-40(41)52)12-14-36-35-15-16-37-43(47(56)50(44(37)53)33-18-22-48(23-19-33)28-31-8-4-2-5-9-31)38(35)27-39-42(36)46(55)51(45(39)54)34-20-24-49(25-21-34)29-32-10-6-3-7-11-32/h2-15,17,26,33-34,36-39,42-43,52H,16,18-25,27-29H2,1H3/t36-,37-,38+,39+,42-,43-/m0/s1. The first kappa shape index (κ1) is 37.5. The molecular formula is C47H52N4O6. The number of methoxy groups -OCH3 is 1. The van der Waals surface area contributed by atoms with Crippen LogP contribution >= 0.6 is 0 Å². The number of amides is 4. The Morgan fingerprint density at radius 1 is 0.667 bits per heavy atom. The highest BCUT2D eigenvalue weighted by Crippen LogP contribution is 2.56. The van der Waals surface area contributed by atoms with Gasteiger partial charge in [0.15, 0.2) is 11.5 Å². The van der Waals surface area contributed by atoms with Gasteiger partial charge in [-0.15, -0.1) is 0 Å². The number of fused-ring (bicyclic) bond motifs is 4. The van der Waals surface area contributed by atoms with Crippen LogP contribution < -0.4 is 4.74 Å². The van der Waals surface area contributed by atoms with Gasteiger partial charge in [0.25, 0.3) is 0 Å². The van der Waals surface area contributed by atoms with Crippen LogP contribution in [0.3, 0.4) is 0 Å². The molecule has 0 aromatic heterocycles. The maximum absolute atomic E-state index is 14.7. The topological polar surface area (TPSA) is 111 Å². The molecule has 3 aromatic rings. The van der Waals surface area contributed by atoms with Crippen LogP contribution in [0.25, 0.3) is 6.08 Å². The summed E-state index contributed by atoms with van der Waals surface area (Å²) in [5.74, 6) is -2.91. The van der Waals surface area contributed by atoms with Crippen molar-refractivity contribution in [1.29, 1.82) is 0 Å². The third kappa shape index (κ3) is 7.01. The summed E-state index contributed by atoms with van der Waals surface area (Å²) >= 11 is 0. The molecule has 2 aliphatic carbocycles. The summed E-state index contributed by atoms with van der Waals surface area (Å²) in [6.07, 6.45) is 9.84. The van der Waals surface area contributed by atoms with E-state index in [1.807, 2.05) is 36.4 Å². The van der Waals surface area contributed by atoms with Crippen molar-refractivity contribution in [1.82, 2.24) is 19.6 Å². The van der Waals surface area contributed by atoms with Crippen LogP contribution in [0, 0.1) is 35.5 Å². The van der Waals surface area contributed by atoms with Gasteiger partial charge in [-0.25, -0.2) is 0 Å². The highest BCUT2D eigenvalue weighted by Gasteiger charge is 2.62. The Kier molecular flexibility index (Phi) is 10.3. The van der Waals surface area contributed by atoms with Crippen LogP contribution in [0.4, 0.5) is 0 Å². The zero-order chi connectivity index (χ0) is 39.2. The molecule has 0 spiro atoms. The number of phenolic OH excluding ortho intramolecular Hbond substituents is 1. The maximum Gasteiger partial charge on any atom is 0.234 e. The maximum atomic E-state index is 14.7. The van der Waals surface area contributed by atoms with Crippen molar-refractivity contribution in [3.05, 3.63) is 113 Å². The molecule has 0 unspecified atom stereocenters. The molecule has 10 nitrogen and oxygen atoms in total. The van der Waals surface area contributed by atoms with Gasteiger partial charge in [0.1, 0.15) is 0 Å². The second-order valence-electron chi connectivity index (χ2n) is 16.9. The Morgan fingerprint density at radius 3 is 1.77 bits per heavy atom. The number of aromatic hydroxyl groups is 1. The summed E-state index contributed by atoms with van der Waals surface area (Å²) in [6, 6.07) is 25.6. The number of imide groups is 2. The molecule has 4 amide bonds. The molecule has 10 heteroatoms. The first-order valence-electron chi connectivity index (χ1n) is 20.8. The van der Waals surface area contributed by atoms with E-state index in [9.17, 15) is 24.3 Å². The Balaban J connectivity index is 0.964. The molecule has 1 saturated carbocycles. The van der Waals surface area contributed by atoms with E-state index in [1.54, 1.807) is 28.0 Å². The van der Waals surface area contributed by atoms with Crippen LogP contribution in [0.5, 0.6) is 11.5 Å². The van der Waals surface area contributed by atoms with E-state index in [1.165, 1.54) is 18.2 Å². The van der Waals surface area contributed by atoms with Gasteiger partial charge >= 0.3 is 0 Å². The van der Waals surface area contributed by atoms with E-state index in [4.69, 9.17) is 4.74 Å². The van der Waals surface area contributed by atoms with E-state index in [-0.39, 0.29) is 47.4 Å². The average molecular weight is 769 g/mol. The van der Waals surface area contributed by atoms with Crippen molar-refractivity contribution < 1.29 is 29.0 Å². The molecule has 4 heterocycles. The molecule has 0 bridgehead atoms. The molecule has 0 radical (unpaired) electrons. The number of benzene rings is 3. The van der Waals surface area contributed by atoms with Crippen LogP contribution in [-0.4, -0.2) is 93.7 Å². The van der Waals surface area contributed by atoms with Gasteiger partial charge in [0, 0.05) is 57.3 Å². The van der Waals surface area contributed by atoms with Crippen molar-refractivity contribution in [2.75, 3.05) is 33.3 Å². The number of likely N-dealkylation sites (tertiary alicyclic amines) is 4. The second kappa shape index (κ2) is 15.7. The predicted octanol–water partition coefficient (Wildman–Crippen LogP) is 5.91. The van der Waals surface area contributed by atoms with Crippen molar-refractivity contribution in [2.45, 2.75) is 63.7 Å². The summed E-state index contributed by atoms with van der Waals surface area (Å²) in [5.41, 5.74) is 4.29. The van der Waals surface area contributed by atoms with Crippen molar-refractivity contribution in [2.24, 2.45) is 35.5 Å². The zero-order valence-corrected chi connectivity index (χ0v) is 32.6. The molecule has 296 valence electrons. The molecule has 3 aromatic carbocycles. The number of hydrogen-bond acceptors (Lipinski definition) is 8. The van der Waals surface area contributed by atoms with E-state index in [0.717, 1.165) is 76.1 Å². The lowest BCUT2D eigenvalue weighted by Gasteiger charge is -2.43. The molecule has 57 heavy (non-hydrogen) atoms. The fourth-order valence-electron chi connectivity index (χ4n) is 11.0. The summed E-state index contributed by atoms with van der Waals surface area (Å²) < 4.78 is 5.37. The highest BCUT2D eigenvalue weighted by atomic mass is 16.5. The van der Waals surface area contributed by atoms with Gasteiger partial charge in [-0.1, -0.05) is 90.5 Å². The average Bonchev–Trinajstić information content (AvgIpc) is 3.64. The fraction of sp³-hybridized carbons (Fsp3) is 0.447. The van der Waals surface area contributed by atoms with Crippen molar-refractivity contribution in [3.63, 3.8) is 0 Å². The second-order valence-corrected chi connectivity index (χ2v) is 16.9. The molecule has 4 aliphatic heterocycles. The third-order valence-electron chi connectivity index (χ3n) is 13.8. The monoisotopic (exact) mass is 768 g/mol. The smallest absolute Gasteiger partial charge is 0.234 e. The Hall–Kier alpha value is -5.06. The number of carbonyl (C=O) groups is 4. The normalized spacial score (nSPS) is 28.8. The summed E-state index contributed by atoms with van der Waals surface area (Å²) in [7, 11) is 1.50. The number of hydrogen-bond donors (Lipinski definition) is 1. The summed E-state index contributed by atoms with van der Waals surface area (Å²) in [5, 5.41) is 10.2. The minimum Gasteiger partial charge on any atom is -0.504 e. The Labute approximate surface area is 334 Å². The molecule has 1 N–H and O–H groups in total. The predicted molar refractivity (Wildman–Crippen MR) is 215 cm³/mol. The first-order chi connectivity index (χ1) is 27.8. The molecule has 6 atom stereocenters. The SMILES string of the molecule is COc1cc(C=C[C@H]2C3=CC[C@@H]4C(=O)N(C5CCN(Cc6ccccc6)CC5)C(=O)[C@@H]4[C@@H]3C[C@H]3C(=O)N(C4CCN(Cc5ccccc5)CC4)C(=O)[C@@H]23)ccc1O. The molecular weight excluding hydrogens is 717 g/mol. The molecule has 6 aliphatic rings. The van der Waals surface area contributed by atoms with Gasteiger partial charge in [-0.05, 0) is 73.3 Å². The lowest BCUT2D eigenvalue weighted by Crippen LogP contribution is -2.48. The summed E-state index contributed by atoms with van der Waals surface area (Å²) in [4.78, 5) is 66.0. The number of phenols is 1. The van der Waals surface area contributed by atoms with Gasteiger partial charge in [-0.2, -0.15) is 0 Å². The highest BCUT2D eigenvalue weighted by molar-refractivity contribution is 6.08. The molecule has 5 fully saturated rings. The fourth-order valence-corrected chi connectivity index (χ4v) is 11.0. The van der Waals surface area contributed by atoms with Crippen molar-refractivity contribution in [3.8, 4) is 11.5 Å². The number of piperidine rings is 2. The lowest BCUT2D eigenvalue weighted by molar-refractivity contribution is -0.146. The van der Waals surface area contributed by atoms with Crippen LogP contribution in [0.1, 0.15) is 55.2 Å². The minimum atomic E-state index is -0.577. The Morgan fingerprint density at radius 2 is 1.21 bits per heavy atom.